The Morgan fingerprint density at radius 1 is 1.50 bits per heavy atom. The maximum atomic E-state index is 11.8. The van der Waals surface area contributed by atoms with Crippen LogP contribution in [0.25, 0.3) is 0 Å². The fourth-order valence-corrected chi connectivity index (χ4v) is 2.54. The van der Waals surface area contributed by atoms with E-state index in [2.05, 4.69) is 9.88 Å². The molecule has 1 atom stereocenters. The second-order valence-electron chi connectivity index (χ2n) is 5.00. The van der Waals surface area contributed by atoms with Gasteiger partial charge in [0.05, 0.1) is 25.3 Å². The molecule has 1 aliphatic heterocycles. The molecule has 0 radical (unpaired) electrons. The molecule has 1 unspecified atom stereocenters. The molecule has 0 bridgehead atoms. The maximum Gasteiger partial charge on any atom is 0.310 e. The highest BCUT2D eigenvalue weighted by Crippen LogP contribution is 2.20. The van der Waals surface area contributed by atoms with Gasteiger partial charge in [-0.2, -0.15) is 0 Å². The second kappa shape index (κ2) is 7.24. The van der Waals surface area contributed by atoms with E-state index >= 15 is 0 Å². The van der Waals surface area contributed by atoms with Crippen molar-refractivity contribution in [1.29, 1.82) is 0 Å². The number of likely N-dealkylation sites (tertiary alicyclic amines) is 1. The van der Waals surface area contributed by atoms with Crippen molar-refractivity contribution >= 4 is 5.97 Å². The molecule has 0 aliphatic carbocycles. The summed E-state index contributed by atoms with van der Waals surface area (Å²) in [7, 11) is 1.61. The van der Waals surface area contributed by atoms with E-state index in [9.17, 15) is 4.79 Å². The molecule has 0 saturated carbocycles. The molecule has 1 aromatic rings. The topological polar surface area (TPSA) is 51.7 Å². The van der Waals surface area contributed by atoms with Crippen LogP contribution in [0, 0.1) is 5.92 Å². The lowest BCUT2D eigenvalue weighted by Gasteiger charge is -2.31. The van der Waals surface area contributed by atoms with Crippen molar-refractivity contribution in [1.82, 2.24) is 9.88 Å². The van der Waals surface area contributed by atoms with Crippen molar-refractivity contribution in [2.24, 2.45) is 5.92 Å². The first-order chi connectivity index (χ1) is 9.72. The summed E-state index contributed by atoms with van der Waals surface area (Å²) >= 11 is 0. The van der Waals surface area contributed by atoms with Crippen LogP contribution < -0.4 is 4.74 Å². The number of nitrogens with zero attached hydrogens (tertiary/aromatic N) is 2. The Kier molecular flexibility index (Phi) is 5.35. The summed E-state index contributed by atoms with van der Waals surface area (Å²) in [5.41, 5.74) is 0.967. The third kappa shape index (κ3) is 3.93. The Morgan fingerprint density at radius 2 is 2.35 bits per heavy atom. The number of carbonyl (C=O) groups excluding carboxylic acids is 1. The first-order valence-electron chi connectivity index (χ1n) is 7.12. The molecule has 5 nitrogen and oxygen atoms in total. The van der Waals surface area contributed by atoms with Crippen LogP contribution in [0.15, 0.2) is 18.2 Å². The van der Waals surface area contributed by atoms with Gasteiger partial charge in [-0.15, -0.1) is 0 Å². The lowest BCUT2D eigenvalue weighted by Crippen LogP contribution is -2.39. The van der Waals surface area contributed by atoms with Gasteiger partial charge in [-0.1, -0.05) is 6.07 Å². The fraction of sp³-hybridized carbons (Fsp3) is 0.600. The molecule has 2 rings (SSSR count). The zero-order valence-corrected chi connectivity index (χ0v) is 12.2. The van der Waals surface area contributed by atoms with Gasteiger partial charge in [0.2, 0.25) is 5.88 Å². The molecule has 1 aliphatic rings. The van der Waals surface area contributed by atoms with E-state index in [0.29, 0.717) is 12.5 Å². The highest BCUT2D eigenvalue weighted by molar-refractivity contribution is 5.72. The van der Waals surface area contributed by atoms with Gasteiger partial charge < -0.3 is 9.47 Å². The van der Waals surface area contributed by atoms with Gasteiger partial charge >= 0.3 is 5.97 Å². The molecule has 0 spiro atoms. The zero-order valence-electron chi connectivity index (χ0n) is 12.2. The molecule has 1 aromatic heterocycles. The van der Waals surface area contributed by atoms with Gasteiger partial charge in [-0.25, -0.2) is 4.98 Å². The van der Waals surface area contributed by atoms with Crippen LogP contribution in [0.5, 0.6) is 5.88 Å². The zero-order chi connectivity index (χ0) is 14.4. The molecule has 0 amide bonds. The standard InChI is InChI=1S/C15H22N2O3/c1-3-20-15(18)12-6-5-9-17(10-12)11-13-7-4-8-14(16-13)19-2/h4,7-8,12H,3,5-6,9-11H2,1-2H3. The molecule has 0 aromatic carbocycles. The fourth-order valence-electron chi connectivity index (χ4n) is 2.54. The van der Waals surface area contributed by atoms with Gasteiger partial charge in [0.25, 0.3) is 0 Å². The van der Waals surface area contributed by atoms with Gasteiger partial charge in [-0.3, -0.25) is 9.69 Å². The molecule has 1 fully saturated rings. The molecule has 1 saturated heterocycles. The van der Waals surface area contributed by atoms with Crippen LogP contribution in [0.1, 0.15) is 25.5 Å². The summed E-state index contributed by atoms with van der Waals surface area (Å²) in [6.45, 7) is 4.78. The van der Waals surface area contributed by atoms with Gasteiger partial charge in [0, 0.05) is 19.2 Å². The molecule has 20 heavy (non-hydrogen) atoms. The van der Waals surface area contributed by atoms with Crippen LogP contribution in [0.4, 0.5) is 0 Å². The summed E-state index contributed by atoms with van der Waals surface area (Å²) in [6.07, 6.45) is 1.94. The lowest BCUT2D eigenvalue weighted by atomic mass is 9.98. The largest absolute Gasteiger partial charge is 0.481 e. The lowest BCUT2D eigenvalue weighted by molar-refractivity contribution is -0.150. The third-order valence-electron chi connectivity index (χ3n) is 3.50. The third-order valence-corrected chi connectivity index (χ3v) is 3.50. The van der Waals surface area contributed by atoms with E-state index in [1.54, 1.807) is 7.11 Å². The number of aromatic nitrogens is 1. The summed E-state index contributed by atoms with van der Waals surface area (Å²) in [5.74, 6) is 0.548. The quantitative estimate of drug-likeness (QED) is 0.770. The van der Waals surface area contributed by atoms with Crippen LogP contribution in [0.2, 0.25) is 0 Å². The van der Waals surface area contributed by atoms with E-state index in [-0.39, 0.29) is 11.9 Å². The van der Waals surface area contributed by atoms with Crippen molar-refractivity contribution in [3.63, 3.8) is 0 Å². The SMILES string of the molecule is CCOC(=O)C1CCCN(Cc2cccc(OC)n2)C1. The number of pyridine rings is 1. The number of methoxy groups -OCH3 is 1. The van der Waals surface area contributed by atoms with Gasteiger partial charge in [0.15, 0.2) is 0 Å². The second-order valence-corrected chi connectivity index (χ2v) is 5.00. The number of hydrogen-bond acceptors (Lipinski definition) is 5. The Bertz CT molecular complexity index is 450. The van der Waals surface area contributed by atoms with Crippen LogP contribution in [-0.2, 0) is 16.1 Å². The van der Waals surface area contributed by atoms with Crippen molar-refractivity contribution in [3.8, 4) is 5.88 Å². The van der Waals surface area contributed by atoms with E-state index in [1.807, 2.05) is 25.1 Å². The van der Waals surface area contributed by atoms with Gasteiger partial charge in [-0.05, 0) is 32.4 Å². The molecule has 5 heteroatoms. The minimum Gasteiger partial charge on any atom is -0.481 e. The Hall–Kier alpha value is -1.62. The normalized spacial score (nSPS) is 19.6. The van der Waals surface area contributed by atoms with Crippen LogP contribution >= 0.6 is 0 Å². The summed E-state index contributed by atoms with van der Waals surface area (Å²) < 4.78 is 10.2. The molecule has 110 valence electrons. The highest BCUT2D eigenvalue weighted by atomic mass is 16.5. The minimum absolute atomic E-state index is 0.00527. The van der Waals surface area contributed by atoms with E-state index in [4.69, 9.17) is 9.47 Å². The smallest absolute Gasteiger partial charge is 0.310 e. The van der Waals surface area contributed by atoms with E-state index < -0.39 is 0 Å². The average Bonchev–Trinajstić information content (AvgIpc) is 2.48. The predicted octanol–water partition coefficient (Wildman–Crippen LogP) is 1.87. The highest BCUT2D eigenvalue weighted by Gasteiger charge is 2.26. The van der Waals surface area contributed by atoms with Crippen molar-refractivity contribution in [3.05, 3.63) is 23.9 Å². The number of hydrogen-bond donors (Lipinski definition) is 0. The maximum absolute atomic E-state index is 11.8. The summed E-state index contributed by atoms with van der Waals surface area (Å²) in [6, 6.07) is 5.76. The number of rotatable bonds is 5. The Balaban J connectivity index is 1.93. The molecular formula is C15H22N2O3. The monoisotopic (exact) mass is 278 g/mol. The van der Waals surface area contributed by atoms with Gasteiger partial charge in [0.1, 0.15) is 0 Å². The molecular weight excluding hydrogens is 256 g/mol. The number of piperidine rings is 1. The molecule has 0 N–H and O–H groups in total. The first-order valence-corrected chi connectivity index (χ1v) is 7.12. The number of esters is 1. The van der Waals surface area contributed by atoms with Crippen LogP contribution in [-0.4, -0.2) is 42.7 Å². The summed E-state index contributed by atoms with van der Waals surface area (Å²) in [4.78, 5) is 18.5. The Morgan fingerprint density at radius 3 is 3.10 bits per heavy atom. The number of carbonyl (C=O) groups is 1. The van der Waals surface area contributed by atoms with Crippen molar-refractivity contribution in [2.45, 2.75) is 26.3 Å². The predicted molar refractivity (Wildman–Crippen MR) is 75.4 cm³/mol. The molecule has 2 heterocycles. The number of ether oxygens (including phenoxy) is 2. The average molecular weight is 278 g/mol. The van der Waals surface area contributed by atoms with E-state index in [0.717, 1.165) is 38.2 Å². The Labute approximate surface area is 119 Å². The summed E-state index contributed by atoms with van der Waals surface area (Å²) in [5, 5.41) is 0. The van der Waals surface area contributed by atoms with Crippen LogP contribution in [0.3, 0.4) is 0 Å². The van der Waals surface area contributed by atoms with E-state index in [1.165, 1.54) is 0 Å². The first kappa shape index (κ1) is 14.8. The minimum atomic E-state index is -0.0733. The van der Waals surface area contributed by atoms with Crippen molar-refractivity contribution < 1.29 is 14.3 Å². The van der Waals surface area contributed by atoms with Crippen molar-refractivity contribution in [2.75, 3.05) is 26.8 Å².